The lowest BCUT2D eigenvalue weighted by Crippen LogP contribution is -2.40. The van der Waals surface area contributed by atoms with Gasteiger partial charge in [0.15, 0.2) is 0 Å². The minimum Gasteiger partial charge on any atom is -0.396 e. The lowest BCUT2D eigenvalue weighted by molar-refractivity contribution is -0.132. The summed E-state index contributed by atoms with van der Waals surface area (Å²) in [5.74, 6) is -0.779. The van der Waals surface area contributed by atoms with Crippen molar-refractivity contribution in [3.8, 4) is 0 Å². The second-order valence-corrected chi connectivity index (χ2v) is 3.58. The molecular formula is C9H16O4. The summed E-state index contributed by atoms with van der Waals surface area (Å²) in [5.41, 5.74) is 0. The van der Waals surface area contributed by atoms with Crippen molar-refractivity contribution >= 4 is 5.78 Å². The largest absolute Gasteiger partial charge is 0.396 e. The summed E-state index contributed by atoms with van der Waals surface area (Å²) in [5, 5.41) is 27.0. The Morgan fingerprint density at radius 2 is 1.85 bits per heavy atom. The van der Waals surface area contributed by atoms with Gasteiger partial charge in [0.25, 0.3) is 0 Å². The van der Waals surface area contributed by atoms with Gasteiger partial charge in [-0.3, -0.25) is 4.79 Å². The van der Waals surface area contributed by atoms with Gasteiger partial charge in [-0.1, -0.05) is 0 Å². The van der Waals surface area contributed by atoms with Crippen LogP contribution in [0.15, 0.2) is 0 Å². The molecule has 1 aliphatic rings. The molecule has 76 valence electrons. The zero-order valence-electron chi connectivity index (χ0n) is 7.52. The number of Topliss-reactive ketones (excluding diaryl/α,β-unsaturated/α-hetero) is 1. The molecule has 3 unspecified atom stereocenters. The van der Waals surface area contributed by atoms with Gasteiger partial charge >= 0.3 is 0 Å². The fourth-order valence-electron chi connectivity index (χ4n) is 2.03. The van der Waals surface area contributed by atoms with E-state index >= 15 is 0 Å². The average molecular weight is 188 g/mol. The van der Waals surface area contributed by atoms with Gasteiger partial charge in [0.2, 0.25) is 0 Å². The number of aliphatic hydroxyl groups is 3. The van der Waals surface area contributed by atoms with Crippen LogP contribution < -0.4 is 0 Å². The summed E-state index contributed by atoms with van der Waals surface area (Å²) in [6.45, 7) is -0.377. The van der Waals surface area contributed by atoms with Crippen LogP contribution in [0.25, 0.3) is 0 Å². The molecule has 0 amide bonds. The third kappa shape index (κ3) is 2.07. The lowest BCUT2D eigenvalue weighted by atomic mass is 9.72. The predicted octanol–water partition coefficient (Wildman–Crippen LogP) is -0.825. The van der Waals surface area contributed by atoms with Crippen molar-refractivity contribution in [2.45, 2.75) is 12.8 Å². The zero-order valence-corrected chi connectivity index (χ0v) is 7.52. The highest BCUT2D eigenvalue weighted by Crippen LogP contribution is 2.31. The molecule has 0 aliphatic heterocycles. The molecule has 4 nitrogen and oxygen atoms in total. The van der Waals surface area contributed by atoms with Crippen molar-refractivity contribution in [2.24, 2.45) is 17.8 Å². The van der Waals surface area contributed by atoms with Crippen LogP contribution in [0.1, 0.15) is 12.8 Å². The number of aliphatic hydroxyl groups excluding tert-OH is 3. The molecule has 0 aromatic rings. The van der Waals surface area contributed by atoms with Crippen molar-refractivity contribution in [1.29, 1.82) is 0 Å². The Labute approximate surface area is 77.2 Å². The number of hydrogen-bond acceptors (Lipinski definition) is 4. The second-order valence-electron chi connectivity index (χ2n) is 3.58. The normalized spacial score (nSPS) is 35.0. The fourth-order valence-corrected chi connectivity index (χ4v) is 2.03. The Hall–Kier alpha value is -0.450. The highest BCUT2D eigenvalue weighted by Gasteiger charge is 2.37. The van der Waals surface area contributed by atoms with E-state index in [1.165, 1.54) is 0 Å². The molecule has 0 aromatic heterocycles. The van der Waals surface area contributed by atoms with Crippen LogP contribution in [0, 0.1) is 17.8 Å². The van der Waals surface area contributed by atoms with Gasteiger partial charge in [-0.2, -0.15) is 0 Å². The summed E-state index contributed by atoms with van der Waals surface area (Å²) in [6.07, 6.45) is 1.03. The molecule has 3 atom stereocenters. The highest BCUT2D eigenvalue weighted by molar-refractivity contribution is 5.82. The summed E-state index contributed by atoms with van der Waals surface area (Å²) >= 11 is 0. The molecule has 0 saturated heterocycles. The van der Waals surface area contributed by atoms with E-state index in [-0.39, 0.29) is 37.4 Å². The van der Waals surface area contributed by atoms with Crippen LogP contribution in [0.3, 0.4) is 0 Å². The third-order valence-corrected chi connectivity index (χ3v) is 2.94. The summed E-state index contributed by atoms with van der Waals surface area (Å²) in [6, 6.07) is 0. The third-order valence-electron chi connectivity index (χ3n) is 2.94. The van der Waals surface area contributed by atoms with Gasteiger partial charge in [0.1, 0.15) is 5.78 Å². The first-order valence-electron chi connectivity index (χ1n) is 4.59. The second kappa shape index (κ2) is 4.69. The lowest BCUT2D eigenvalue weighted by Gasteiger charge is -2.34. The van der Waals surface area contributed by atoms with E-state index in [9.17, 15) is 4.79 Å². The summed E-state index contributed by atoms with van der Waals surface area (Å²) in [4.78, 5) is 11.3. The van der Waals surface area contributed by atoms with E-state index in [1.54, 1.807) is 0 Å². The standard InChI is InChI=1S/C9H16O4/c10-3-6-1-2-9(13)8(5-12)7(6)4-11/h6-8,10-12H,1-5H2. The Morgan fingerprint density at radius 3 is 2.31 bits per heavy atom. The number of hydrogen-bond donors (Lipinski definition) is 3. The first kappa shape index (κ1) is 10.6. The first-order valence-corrected chi connectivity index (χ1v) is 4.59. The predicted molar refractivity (Wildman–Crippen MR) is 46.0 cm³/mol. The molecule has 0 heterocycles. The fraction of sp³-hybridized carbons (Fsp3) is 0.889. The van der Waals surface area contributed by atoms with Gasteiger partial charge < -0.3 is 15.3 Å². The number of rotatable bonds is 3. The van der Waals surface area contributed by atoms with Crippen LogP contribution in [-0.2, 0) is 4.79 Å². The van der Waals surface area contributed by atoms with E-state index in [1.807, 2.05) is 0 Å². The minimum absolute atomic E-state index is 0.00579. The molecule has 0 aromatic carbocycles. The van der Waals surface area contributed by atoms with Crippen molar-refractivity contribution in [3.63, 3.8) is 0 Å². The molecule has 1 saturated carbocycles. The average Bonchev–Trinajstić information content (AvgIpc) is 2.17. The molecule has 4 heteroatoms. The van der Waals surface area contributed by atoms with Crippen LogP contribution >= 0.6 is 0 Å². The maximum absolute atomic E-state index is 11.3. The molecule has 0 bridgehead atoms. The van der Waals surface area contributed by atoms with Crippen molar-refractivity contribution in [3.05, 3.63) is 0 Å². The van der Waals surface area contributed by atoms with Crippen LogP contribution in [0.4, 0.5) is 0 Å². The van der Waals surface area contributed by atoms with Crippen LogP contribution in [-0.4, -0.2) is 40.9 Å². The van der Waals surface area contributed by atoms with Gasteiger partial charge in [-0.05, 0) is 18.3 Å². The Bertz CT molecular complexity index is 180. The molecule has 3 N–H and O–H groups in total. The molecule has 1 aliphatic carbocycles. The first-order chi connectivity index (χ1) is 6.24. The molecular weight excluding hydrogens is 172 g/mol. The van der Waals surface area contributed by atoms with Crippen molar-refractivity contribution < 1.29 is 20.1 Å². The molecule has 0 radical (unpaired) electrons. The van der Waals surface area contributed by atoms with Gasteiger partial charge in [-0.15, -0.1) is 0 Å². The van der Waals surface area contributed by atoms with Gasteiger partial charge in [0, 0.05) is 25.6 Å². The number of carbonyl (C=O) groups is 1. The topological polar surface area (TPSA) is 77.8 Å². The molecule has 1 rings (SSSR count). The summed E-state index contributed by atoms with van der Waals surface area (Å²) in [7, 11) is 0. The summed E-state index contributed by atoms with van der Waals surface area (Å²) < 4.78 is 0. The van der Waals surface area contributed by atoms with E-state index in [2.05, 4.69) is 0 Å². The molecule has 13 heavy (non-hydrogen) atoms. The Morgan fingerprint density at radius 1 is 1.15 bits per heavy atom. The molecule has 0 spiro atoms. The van der Waals surface area contributed by atoms with E-state index in [4.69, 9.17) is 15.3 Å². The minimum atomic E-state index is -0.476. The maximum Gasteiger partial charge on any atom is 0.138 e. The van der Waals surface area contributed by atoms with Crippen molar-refractivity contribution in [1.82, 2.24) is 0 Å². The Balaban J connectivity index is 2.70. The SMILES string of the molecule is O=C1CCC(CO)C(CO)C1CO. The zero-order chi connectivity index (χ0) is 9.84. The highest BCUT2D eigenvalue weighted by atomic mass is 16.3. The van der Waals surface area contributed by atoms with Gasteiger partial charge in [-0.25, -0.2) is 0 Å². The molecule has 1 fully saturated rings. The quantitative estimate of drug-likeness (QED) is 0.540. The van der Waals surface area contributed by atoms with Crippen molar-refractivity contribution in [2.75, 3.05) is 19.8 Å². The van der Waals surface area contributed by atoms with Gasteiger partial charge in [0.05, 0.1) is 6.61 Å². The Kier molecular flexibility index (Phi) is 3.84. The maximum atomic E-state index is 11.3. The van der Waals surface area contributed by atoms with E-state index in [0.717, 1.165) is 0 Å². The van der Waals surface area contributed by atoms with E-state index in [0.29, 0.717) is 12.8 Å². The monoisotopic (exact) mass is 188 g/mol. The smallest absolute Gasteiger partial charge is 0.138 e. The number of carbonyl (C=O) groups excluding carboxylic acids is 1. The number of ketones is 1. The van der Waals surface area contributed by atoms with Crippen LogP contribution in [0.2, 0.25) is 0 Å². The van der Waals surface area contributed by atoms with E-state index < -0.39 is 5.92 Å². The van der Waals surface area contributed by atoms with Crippen LogP contribution in [0.5, 0.6) is 0 Å².